The normalized spacial score (nSPS) is 39.9. The SMILES string of the molecule is CC12CC3CC(C)(C1)CC(OCCNC(=O)CCN1CCCCCC1=O)(C3)C2. The van der Waals surface area contributed by atoms with Crippen LogP contribution in [0.1, 0.15) is 84.5 Å². The van der Waals surface area contributed by atoms with Gasteiger partial charge < -0.3 is 15.0 Å². The lowest BCUT2D eigenvalue weighted by atomic mass is 9.43. The number of nitrogens with zero attached hydrogens (tertiary/aromatic N) is 1. The molecule has 28 heavy (non-hydrogen) atoms. The molecular weight excluding hydrogens is 352 g/mol. The van der Waals surface area contributed by atoms with Gasteiger partial charge in [-0.05, 0) is 68.1 Å². The van der Waals surface area contributed by atoms with Crippen LogP contribution >= 0.6 is 0 Å². The maximum Gasteiger partial charge on any atom is 0.222 e. The van der Waals surface area contributed by atoms with E-state index in [2.05, 4.69) is 19.2 Å². The number of hydrogen-bond acceptors (Lipinski definition) is 3. The van der Waals surface area contributed by atoms with Crippen LogP contribution in [0.4, 0.5) is 0 Å². The lowest BCUT2D eigenvalue weighted by Gasteiger charge is -2.65. The van der Waals surface area contributed by atoms with Gasteiger partial charge in [0.2, 0.25) is 11.8 Å². The first-order chi connectivity index (χ1) is 13.3. The van der Waals surface area contributed by atoms with Gasteiger partial charge >= 0.3 is 0 Å². The number of hydrogen-bond donors (Lipinski definition) is 1. The van der Waals surface area contributed by atoms with Gasteiger partial charge in [-0.2, -0.15) is 0 Å². The summed E-state index contributed by atoms with van der Waals surface area (Å²) in [7, 11) is 0. The molecule has 5 nitrogen and oxygen atoms in total. The highest BCUT2D eigenvalue weighted by Gasteiger charge is 2.60. The number of nitrogens with one attached hydrogen (secondary N) is 1. The van der Waals surface area contributed by atoms with E-state index in [0.29, 0.717) is 43.4 Å². The first-order valence-electron chi connectivity index (χ1n) is 11.5. The van der Waals surface area contributed by atoms with Gasteiger partial charge in [0.05, 0.1) is 12.2 Å². The predicted octanol–water partition coefficient (Wildman–Crippen LogP) is 3.66. The Bertz CT molecular complexity index is 601. The van der Waals surface area contributed by atoms with Crippen LogP contribution in [0.3, 0.4) is 0 Å². The molecule has 1 saturated heterocycles. The average molecular weight is 391 g/mol. The Labute approximate surface area is 169 Å². The molecule has 2 amide bonds. The predicted molar refractivity (Wildman–Crippen MR) is 109 cm³/mol. The van der Waals surface area contributed by atoms with Gasteiger partial charge in [0.15, 0.2) is 0 Å². The largest absolute Gasteiger partial charge is 0.373 e. The van der Waals surface area contributed by atoms with Gasteiger partial charge in [0, 0.05) is 32.5 Å². The third-order valence-electron chi connectivity index (χ3n) is 7.69. The van der Waals surface area contributed by atoms with E-state index in [1.807, 2.05) is 4.90 Å². The van der Waals surface area contributed by atoms with Gasteiger partial charge in [-0.3, -0.25) is 9.59 Å². The first kappa shape index (κ1) is 20.2. The molecule has 0 spiro atoms. The summed E-state index contributed by atoms with van der Waals surface area (Å²) in [6, 6.07) is 0. The van der Waals surface area contributed by atoms with Gasteiger partial charge in [-0.15, -0.1) is 0 Å². The second kappa shape index (κ2) is 7.62. The molecule has 2 atom stereocenters. The van der Waals surface area contributed by atoms with Crippen LogP contribution in [0.25, 0.3) is 0 Å². The third-order valence-corrected chi connectivity index (χ3v) is 7.69. The molecule has 0 aromatic heterocycles. The van der Waals surface area contributed by atoms with E-state index in [1.54, 1.807) is 0 Å². The number of ether oxygens (including phenoxy) is 1. The molecule has 4 bridgehead atoms. The van der Waals surface area contributed by atoms with E-state index in [9.17, 15) is 9.59 Å². The highest BCUT2D eigenvalue weighted by atomic mass is 16.5. The Kier molecular flexibility index (Phi) is 5.49. The van der Waals surface area contributed by atoms with Crippen molar-refractivity contribution in [1.29, 1.82) is 0 Å². The quantitative estimate of drug-likeness (QED) is 0.675. The fourth-order valence-corrected chi connectivity index (χ4v) is 7.56. The van der Waals surface area contributed by atoms with E-state index in [1.165, 1.54) is 38.5 Å². The van der Waals surface area contributed by atoms with Crippen LogP contribution in [0, 0.1) is 16.7 Å². The maximum atomic E-state index is 12.2. The Morgan fingerprint density at radius 3 is 2.57 bits per heavy atom. The molecule has 158 valence electrons. The molecule has 4 saturated carbocycles. The Balaban J connectivity index is 1.19. The minimum atomic E-state index is 0.0325. The summed E-state index contributed by atoms with van der Waals surface area (Å²) >= 11 is 0. The molecule has 1 N–H and O–H groups in total. The van der Waals surface area contributed by atoms with Crippen LogP contribution in [0.2, 0.25) is 0 Å². The fourth-order valence-electron chi connectivity index (χ4n) is 7.56. The molecule has 5 rings (SSSR count). The molecule has 5 heteroatoms. The highest BCUT2D eigenvalue weighted by molar-refractivity contribution is 5.79. The van der Waals surface area contributed by atoms with E-state index in [0.717, 1.165) is 31.7 Å². The third kappa shape index (κ3) is 4.39. The summed E-state index contributed by atoms with van der Waals surface area (Å²) in [5.41, 5.74) is 0.959. The summed E-state index contributed by atoms with van der Waals surface area (Å²) in [5, 5.41) is 3.00. The smallest absolute Gasteiger partial charge is 0.222 e. The van der Waals surface area contributed by atoms with Crippen molar-refractivity contribution >= 4 is 11.8 Å². The van der Waals surface area contributed by atoms with Gasteiger partial charge in [-0.25, -0.2) is 0 Å². The molecular formula is C23H38N2O3. The van der Waals surface area contributed by atoms with Gasteiger partial charge in [0.25, 0.3) is 0 Å². The Morgan fingerprint density at radius 2 is 1.86 bits per heavy atom. The molecule has 0 aromatic carbocycles. The van der Waals surface area contributed by atoms with Crippen LogP contribution in [-0.4, -0.2) is 48.6 Å². The molecule has 1 aliphatic heterocycles. The zero-order valence-electron chi connectivity index (χ0n) is 17.9. The zero-order chi connectivity index (χ0) is 19.8. The lowest BCUT2D eigenvalue weighted by molar-refractivity contribution is -0.213. The van der Waals surface area contributed by atoms with Crippen LogP contribution < -0.4 is 5.32 Å². The van der Waals surface area contributed by atoms with Crippen molar-refractivity contribution in [2.45, 2.75) is 90.1 Å². The molecule has 2 unspecified atom stereocenters. The standard InChI is InChI=1S/C23H38N2O3/c1-21-12-18-13-22(2,15-21)17-23(14-18,16-21)28-11-8-24-19(26)7-10-25-9-5-3-4-6-20(25)27/h18H,3-17H2,1-2H3,(H,24,26). The summed E-state index contributed by atoms with van der Waals surface area (Å²) in [5.74, 6) is 1.06. The average Bonchev–Trinajstić information content (AvgIpc) is 2.78. The summed E-state index contributed by atoms with van der Waals surface area (Å²) in [6.07, 6.45) is 11.9. The zero-order valence-corrected chi connectivity index (χ0v) is 17.9. The van der Waals surface area contributed by atoms with Crippen molar-refractivity contribution in [3.63, 3.8) is 0 Å². The molecule has 4 aliphatic carbocycles. The molecule has 1 heterocycles. The van der Waals surface area contributed by atoms with Crippen LogP contribution in [0.5, 0.6) is 0 Å². The number of rotatable bonds is 7. The van der Waals surface area contributed by atoms with Crippen molar-refractivity contribution in [3.05, 3.63) is 0 Å². The maximum absolute atomic E-state index is 12.2. The summed E-state index contributed by atoms with van der Waals surface area (Å²) in [4.78, 5) is 26.1. The Morgan fingerprint density at radius 1 is 1.11 bits per heavy atom. The van der Waals surface area contributed by atoms with E-state index in [-0.39, 0.29) is 17.4 Å². The molecule has 0 radical (unpaired) electrons. The second-order valence-electron chi connectivity index (χ2n) is 11.0. The van der Waals surface area contributed by atoms with Crippen molar-refractivity contribution in [2.75, 3.05) is 26.2 Å². The van der Waals surface area contributed by atoms with Gasteiger partial charge in [0.1, 0.15) is 0 Å². The number of likely N-dealkylation sites (tertiary alicyclic amines) is 1. The van der Waals surface area contributed by atoms with Gasteiger partial charge in [-0.1, -0.05) is 20.3 Å². The minimum Gasteiger partial charge on any atom is -0.373 e. The monoisotopic (exact) mass is 390 g/mol. The number of carbonyl (C=O) groups is 2. The van der Waals surface area contributed by atoms with Crippen LogP contribution in [-0.2, 0) is 14.3 Å². The highest BCUT2D eigenvalue weighted by Crippen LogP contribution is 2.67. The number of carbonyl (C=O) groups excluding carboxylic acids is 2. The lowest BCUT2D eigenvalue weighted by Crippen LogP contribution is -2.59. The van der Waals surface area contributed by atoms with E-state index in [4.69, 9.17) is 4.74 Å². The second-order valence-corrected chi connectivity index (χ2v) is 11.0. The van der Waals surface area contributed by atoms with Crippen molar-refractivity contribution in [2.24, 2.45) is 16.7 Å². The Hall–Kier alpha value is -1.10. The van der Waals surface area contributed by atoms with Crippen molar-refractivity contribution < 1.29 is 14.3 Å². The van der Waals surface area contributed by atoms with Crippen LogP contribution in [0.15, 0.2) is 0 Å². The molecule has 5 fully saturated rings. The molecule has 5 aliphatic rings. The fraction of sp³-hybridized carbons (Fsp3) is 0.913. The summed E-state index contributed by atoms with van der Waals surface area (Å²) in [6.45, 7) is 7.45. The summed E-state index contributed by atoms with van der Waals surface area (Å²) < 4.78 is 6.47. The van der Waals surface area contributed by atoms with E-state index >= 15 is 0 Å². The minimum absolute atomic E-state index is 0.0325. The molecule has 0 aromatic rings. The van der Waals surface area contributed by atoms with Crippen molar-refractivity contribution in [3.8, 4) is 0 Å². The topological polar surface area (TPSA) is 58.6 Å². The van der Waals surface area contributed by atoms with Crippen molar-refractivity contribution in [1.82, 2.24) is 10.2 Å². The first-order valence-corrected chi connectivity index (χ1v) is 11.5. The van der Waals surface area contributed by atoms with E-state index < -0.39 is 0 Å². The number of amides is 2.